The number of halogens is 10. The molecule has 0 amide bonds. The Kier molecular flexibility index (Phi) is 5.28. The van der Waals surface area contributed by atoms with E-state index >= 15 is 0 Å². The van der Waals surface area contributed by atoms with Crippen LogP contribution in [0.1, 0.15) is 30.9 Å². The van der Waals surface area contributed by atoms with Crippen molar-refractivity contribution in [2.75, 3.05) is 0 Å². The second-order valence-electron chi connectivity index (χ2n) is 6.22. The van der Waals surface area contributed by atoms with Gasteiger partial charge in [-0.05, 0) is 0 Å². The third-order valence-corrected chi connectivity index (χ3v) is 3.81. The highest BCUT2D eigenvalue weighted by Gasteiger charge is 2.42. The Labute approximate surface area is 147 Å². The zero-order valence-corrected chi connectivity index (χ0v) is 13.4. The Bertz CT molecular complexity index is 805. The summed E-state index contributed by atoms with van der Waals surface area (Å²) in [5, 5.41) is -2.23. The molecule has 2 rings (SSSR count). The molecule has 144 valence electrons. The minimum Gasteiger partial charge on any atom is -0.203 e. The lowest BCUT2D eigenvalue weighted by molar-refractivity contribution is 0.343. The molecule has 11 heteroatoms. The molecule has 2 radical (unpaired) electrons. The summed E-state index contributed by atoms with van der Waals surface area (Å²) in [4.78, 5) is 0. The van der Waals surface area contributed by atoms with E-state index in [4.69, 9.17) is 7.85 Å². The van der Waals surface area contributed by atoms with Crippen LogP contribution in [-0.4, -0.2) is 7.85 Å². The fourth-order valence-electron chi connectivity index (χ4n) is 2.64. The lowest BCUT2D eigenvalue weighted by Gasteiger charge is -2.33. The third-order valence-electron chi connectivity index (χ3n) is 3.81. The Morgan fingerprint density at radius 2 is 0.667 bits per heavy atom. The van der Waals surface area contributed by atoms with Crippen molar-refractivity contribution in [2.24, 2.45) is 0 Å². The lowest BCUT2D eigenvalue weighted by Crippen LogP contribution is -2.25. The van der Waals surface area contributed by atoms with Crippen LogP contribution in [0, 0.1) is 58.2 Å². The van der Waals surface area contributed by atoms with E-state index < -0.39 is 80.5 Å². The third kappa shape index (κ3) is 3.16. The molecule has 2 aromatic rings. The van der Waals surface area contributed by atoms with Crippen LogP contribution < -0.4 is 0 Å². The van der Waals surface area contributed by atoms with Gasteiger partial charge < -0.3 is 0 Å². The topological polar surface area (TPSA) is 0 Å². The van der Waals surface area contributed by atoms with E-state index in [0.717, 1.165) is 13.8 Å². The van der Waals surface area contributed by atoms with E-state index in [9.17, 15) is 43.9 Å². The molecule has 0 nitrogen and oxygen atoms in total. The Hall–Kier alpha value is -2.20. The van der Waals surface area contributed by atoms with E-state index in [0.29, 0.717) is 0 Å². The minimum absolute atomic E-state index is 0.841. The second-order valence-corrected chi connectivity index (χ2v) is 6.22. The second kappa shape index (κ2) is 6.76. The van der Waals surface area contributed by atoms with Crippen LogP contribution >= 0.6 is 0 Å². The average Bonchev–Trinajstić information content (AvgIpc) is 2.59. The van der Waals surface area contributed by atoms with Crippen molar-refractivity contribution in [1.82, 2.24) is 0 Å². The SMILES string of the molecule is [B]C(C)(C)C(c1c(F)c(F)c(F)c(F)c1F)c1c(F)c(F)c(F)c(F)c1F. The lowest BCUT2D eigenvalue weighted by atomic mass is 9.59. The summed E-state index contributed by atoms with van der Waals surface area (Å²) in [5.41, 5.74) is -3.66. The monoisotopic (exact) mass is 400 g/mol. The Morgan fingerprint density at radius 1 is 0.481 bits per heavy atom. The van der Waals surface area contributed by atoms with Crippen LogP contribution in [0.25, 0.3) is 0 Å². The maximum atomic E-state index is 14.1. The van der Waals surface area contributed by atoms with E-state index in [1.165, 1.54) is 0 Å². The molecule has 0 bridgehead atoms. The van der Waals surface area contributed by atoms with Crippen LogP contribution in [0.5, 0.6) is 0 Å². The van der Waals surface area contributed by atoms with Gasteiger partial charge in [0.2, 0.25) is 11.6 Å². The molecule has 0 unspecified atom stereocenters. The van der Waals surface area contributed by atoms with Gasteiger partial charge in [-0.3, -0.25) is 0 Å². The van der Waals surface area contributed by atoms with Gasteiger partial charge in [-0.25, -0.2) is 43.9 Å². The zero-order valence-electron chi connectivity index (χ0n) is 13.4. The molecule has 0 saturated heterocycles. The van der Waals surface area contributed by atoms with Gasteiger partial charge in [-0.1, -0.05) is 19.2 Å². The van der Waals surface area contributed by atoms with Gasteiger partial charge in [-0.15, -0.1) is 0 Å². The van der Waals surface area contributed by atoms with E-state index in [-0.39, 0.29) is 0 Å². The summed E-state index contributed by atoms with van der Waals surface area (Å²) in [6, 6.07) is 0. The molecular weight excluding hydrogens is 393 g/mol. The quantitative estimate of drug-likeness (QED) is 0.273. The average molecular weight is 400 g/mol. The van der Waals surface area contributed by atoms with Gasteiger partial charge in [0.15, 0.2) is 46.5 Å². The molecule has 0 N–H and O–H groups in total. The molecular formula is C16H7BF10. The van der Waals surface area contributed by atoms with Crippen molar-refractivity contribution < 1.29 is 43.9 Å². The first-order valence-electron chi connectivity index (χ1n) is 7.04. The summed E-state index contributed by atoms with van der Waals surface area (Å²) in [6.45, 7) is 1.68. The first-order valence-corrected chi connectivity index (χ1v) is 7.04. The predicted molar refractivity (Wildman–Crippen MR) is 74.1 cm³/mol. The molecule has 0 heterocycles. The van der Waals surface area contributed by atoms with Crippen LogP contribution in [-0.2, 0) is 0 Å². The van der Waals surface area contributed by atoms with Crippen LogP contribution in [0.4, 0.5) is 43.9 Å². The summed E-state index contributed by atoms with van der Waals surface area (Å²) in [7, 11) is 5.55. The van der Waals surface area contributed by atoms with E-state index in [1.54, 1.807) is 0 Å². The molecule has 0 aliphatic heterocycles. The maximum absolute atomic E-state index is 14.1. The molecule has 0 aliphatic rings. The van der Waals surface area contributed by atoms with Gasteiger partial charge in [0, 0.05) is 17.0 Å². The first kappa shape index (κ1) is 21.1. The van der Waals surface area contributed by atoms with Crippen molar-refractivity contribution in [1.29, 1.82) is 0 Å². The fourth-order valence-corrected chi connectivity index (χ4v) is 2.64. The summed E-state index contributed by atoms with van der Waals surface area (Å²) in [6.07, 6.45) is 0. The van der Waals surface area contributed by atoms with Crippen LogP contribution in [0.2, 0.25) is 5.31 Å². The summed E-state index contributed by atoms with van der Waals surface area (Å²) in [5.74, 6) is -27.7. The van der Waals surface area contributed by atoms with Crippen LogP contribution in [0.15, 0.2) is 0 Å². The summed E-state index contributed by atoms with van der Waals surface area (Å²) < 4.78 is 137. The summed E-state index contributed by atoms with van der Waals surface area (Å²) >= 11 is 0. The van der Waals surface area contributed by atoms with Gasteiger partial charge in [-0.2, -0.15) is 0 Å². The van der Waals surface area contributed by atoms with Gasteiger partial charge >= 0.3 is 0 Å². The normalized spacial score (nSPS) is 12.2. The molecule has 0 fully saturated rings. The predicted octanol–water partition coefficient (Wildman–Crippen LogP) is 5.58. The van der Waals surface area contributed by atoms with Gasteiger partial charge in [0.1, 0.15) is 0 Å². The highest BCUT2D eigenvalue weighted by molar-refractivity contribution is 6.15. The molecule has 0 aromatic heterocycles. The molecule has 0 aliphatic carbocycles. The minimum atomic E-state index is -2.62. The molecule has 0 atom stereocenters. The van der Waals surface area contributed by atoms with Crippen molar-refractivity contribution >= 4 is 7.85 Å². The van der Waals surface area contributed by atoms with Gasteiger partial charge in [0.05, 0.1) is 7.85 Å². The Morgan fingerprint density at radius 3 is 0.852 bits per heavy atom. The largest absolute Gasteiger partial charge is 0.203 e. The molecule has 2 aromatic carbocycles. The number of hydrogen-bond acceptors (Lipinski definition) is 0. The van der Waals surface area contributed by atoms with Crippen molar-refractivity contribution in [3.8, 4) is 0 Å². The van der Waals surface area contributed by atoms with Crippen molar-refractivity contribution in [3.63, 3.8) is 0 Å². The highest BCUT2D eigenvalue weighted by Crippen LogP contribution is 2.49. The Balaban J connectivity index is 3.04. The number of hydrogen-bond donors (Lipinski definition) is 0. The van der Waals surface area contributed by atoms with Crippen molar-refractivity contribution in [2.45, 2.75) is 25.1 Å². The standard InChI is InChI=1S/C16H7BF10/c1-16(2,17)5(3-6(18)10(22)14(26)11(23)7(3)19)4-8(20)12(24)15(27)13(25)9(4)21/h5H,1-2H3. The fraction of sp³-hybridized carbons (Fsp3) is 0.250. The van der Waals surface area contributed by atoms with Gasteiger partial charge in [0.25, 0.3) is 0 Å². The maximum Gasteiger partial charge on any atom is 0.200 e. The van der Waals surface area contributed by atoms with Crippen molar-refractivity contribution in [3.05, 3.63) is 69.3 Å². The first-order chi connectivity index (χ1) is 12.2. The molecule has 27 heavy (non-hydrogen) atoms. The van der Waals surface area contributed by atoms with E-state index in [2.05, 4.69) is 0 Å². The molecule has 0 spiro atoms. The van der Waals surface area contributed by atoms with E-state index in [1.807, 2.05) is 0 Å². The smallest absolute Gasteiger partial charge is 0.200 e. The zero-order chi connectivity index (χ0) is 21.0. The molecule has 0 saturated carbocycles. The highest BCUT2D eigenvalue weighted by atomic mass is 19.2. The number of rotatable bonds is 3. The number of benzene rings is 2. The van der Waals surface area contributed by atoms with Crippen LogP contribution in [0.3, 0.4) is 0 Å².